The van der Waals surface area contributed by atoms with E-state index in [1.807, 2.05) is 0 Å². The second kappa shape index (κ2) is 4.49. The van der Waals surface area contributed by atoms with Crippen molar-refractivity contribution < 1.29 is 0 Å². The Kier molecular flexibility index (Phi) is 3.76. The largest absolute Gasteiger partial charge is 0.294 e. The van der Waals surface area contributed by atoms with Crippen molar-refractivity contribution in [3.63, 3.8) is 0 Å². The highest BCUT2D eigenvalue weighted by Crippen LogP contribution is 2.32. The number of rotatable bonds is 2. The molecule has 0 N–H and O–H groups in total. The van der Waals surface area contributed by atoms with Gasteiger partial charge >= 0.3 is 0 Å². The molecule has 3 atom stereocenters. The number of hydrogen-bond donors (Lipinski definition) is 0. The van der Waals surface area contributed by atoms with Crippen LogP contribution in [-0.4, -0.2) is 44.6 Å². The fourth-order valence-corrected chi connectivity index (χ4v) is 3.85. The van der Waals surface area contributed by atoms with Gasteiger partial charge in [0.25, 0.3) is 0 Å². The molecule has 0 aliphatic carbocycles. The second-order valence-corrected chi connectivity index (χ2v) is 6.86. The van der Waals surface area contributed by atoms with Crippen LogP contribution < -0.4 is 0 Å². The van der Waals surface area contributed by atoms with Gasteiger partial charge in [-0.2, -0.15) is 0 Å². The molecule has 2 nitrogen and oxygen atoms in total. The molecule has 0 saturated carbocycles. The lowest BCUT2D eigenvalue weighted by Gasteiger charge is -2.44. The van der Waals surface area contributed by atoms with E-state index in [-0.39, 0.29) is 0 Å². The Morgan fingerprint density at radius 3 is 2.62 bits per heavy atom. The topological polar surface area (TPSA) is 6.48 Å². The van der Waals surface area contributed by atoms with Gasteiger partial charge in [0.2, 0.25) is 0 Å². The van der Waals surface area contributed by atoms with Crippen molar-refractivity contribution in [1.29, 1.82) is 0 Å². The molecule has 3 unspecified atom stereocenters. The van der Waals surface area contributed by atoms with Crippen molar-refractivity contribution in [2.75, 3.05) is 26.7 Å². The number of halogens is 2. The summed E-state index contributed by atoms with van der Waals surface area (Å²) in [7, 11) is 2.22. The third kappa shape index (κ3) is 2.31. The smallest absolute Gasteiger partial charge is 0.0669 e. The van der Waals surface area contributed by atoms with Gasteiger partial charge in [0.05, 0.1) is 8.10 Å². The fourth-order valence-electron chi connectivity index (χ4n) is 2.22. The Labute approximate surface area is 108 Å². The van der Waals surface area contributed by atoms with Crippen molar-refractivity contribution in [3.8, 4) is 0 Å². The molecular formula is C9H16I2N2. The van der Waals surface area contributed by atoms with E-state index in [4.69, 9.17) is 0 Å². The van der Waals surface area contributed by atoms with Gasteiger partial charge in [-0.25, -0.2) is 0 Å². The van der Waals surface area contributed by atoms with E-state index in [2.05, 4.69) is 62.0 Å². The first-order valence-corrected chi connectivity index (χ1v) is 7.40. The highest BCUT2D eigenvalue weighted by Gasteiger charge is 2.36. The minimum atomic E-state index is 0.779. The molecule has 2 aliphatic rings. The molecule has 76 valence electrons. The van der Waals surface area contributed by atoms with Crippen molar-refractivity contribution in [2.45, 2.75) is 20.9 Å². The summed E-state index contributed by atoms with van der Waals surface area (Å²) in [5.41, 5.74) is 0. The van der Waals surface area contributed by atoms with Crippen molar-refractivity contribution in [3.05, 3.63) is 0 Å². The molecule has 0 spiro atoms. The third-order valence-corrected chi connectivity index (χ3v) is 6.46. The van der Waals surface area contributed by atoms with Crippen LogP contribution in [0.3, 0.4) is 0 Å². The van der Waals surface area contributed by atoms with Crippen molar-refractivity contribution in [2.24, 2.45) is 5.92 Å². The average Bonchev–Trinajstić information content (AvgIpc) is 2.51. The quantitative estimate of drug-likeness (QED) is 0.394. The number of likely N-dealkylation sites (tertiary alicyclic amines) is 2. The highest BCUT2D eigenvalue weighted by atomic mass is 127. The molecule has 2 rings (SSSR count). The molecule has 0 aromatic rings. The zero-order valence-electron chi connectivity index (χ0n) is 7.92. The molecule has 0 amide bonds. The van der Waals surface area contributed by atoms with Crippen LogP contribution in [0.2, 0.25) is 0 Å². The Hall–Kier alpha value is 1.38. The summed E-state index contributed by atoms with van der Waals surface area (Å²) < 4.78 is 1.59. The summed E-state index contributed by atoms with van der Waals surface area (Å²) in [5, 5.41) is 0. The maximum Gasteiger partial charge on any atom is 0.0669 e. The molecule has 2 saturated heterocycles. The standard InChI is InChI=1S/C9H16I2N2/c1-12-5-7(9(12)11)6-13-4-2-3-8(13)10/h7-9H,2-6H2,1H3. The molecule has 2 heterocycles. The molecule has 0 radical (unpaired) electrons. The van der Waals surface area contributed by atoms with Crippen LogP contribution >= 0.6 is 45.2 Å². The number of hydrogen-bond acceptors (Lipinski definition) is 2. The highest BCUT2D eigenvalue weighted by molar-refractivity contribution is 14.1. The first kappa shape index (κ1) is 10.9. The molecule has 0 aromatic carbocycles. The van der Waals surface area contributed by atoms with Crippen molar-refractivity contribution >= 4 is 45.2 Å². The van der Waals surface area contributed by atoms with Crippen LogP contribution in [0, 0.1) is 5.92 Å². The second-order valence-electron chi connectivity index (χ2n) is 4.14. The van der Waals surface area contributed by atoms with Crippen LogP contribution in [0.5, 0.6) is 0 Å². The number of nitrogens with zero attached hydrogens (tertiary/aromatic N) is 2. The molecule has 2 fully saturated rings. The van der Waals surface area contributed by atoms with Gasteiger partial charge in [-0.05, 0) is 26.4 Å². The first-order chi connectivity index (χ1) is 6.18. The van der Waals surface area contributed by atoms with Gasteiger partial charge in [0.15, 0.2) is 0 Å². The van der Waals surface area contributed by atoms with E-state index >= 15 is 0 Å². The summed E-state index contributed by atoms with van der Waals surface area (Å²) in [5.74, 6) is 0.918. The van der Waals surface area contributed by atoms with Crippen LogP contribution in [0.4, 0.5) is 0 Å². The summed E-state index contributed by atoms with van der Waals surface area (Å²) in [4.78, 5) is 5.09. The Balaban J connectivity index is 1.78. The summed E-state index contributed by atoms with van der Waals surface area (Å²) in [6.45, 7) is 3.95. The maximum absolute atomic E-state index is 2.66. The van der Waals surface area contributed by atoms with Crippen LogP contribution in [0.1, 0.15) is 12.8 Å². The summed E-state index contributed by atoms with van der Waals surface area (Å²) in [6, 6.07) is 0. The first-order valence-electron chi connectivity index (χ1n) is 4.91. The van der Waals surface area contributed by atoms with E-state index in [1.54, 1.807) is 0 Å². The van der Waals surface area contributed by atoms with E-state index < -0.39 is 0 Å². The van der Waals surface area contributed by atoms with Gasteiger partial charge in [-0.15, -0.1) is 0 Å². The minimum Gasteiger partial charge on any atom is -0.294 e. The molecule has 0 bridgehead atoms. The minimum absolute atomic E-state index is 0.779. The Morgan fingerprint density at radius 1 is 1.38 bits per heavy atom. The fraction of sp³-hybridized carbons (Fsp3) is 1.00. The normalized spacial score (nSPS) is 42.2. The van der Waals surface area contributed by atoms with Crippen molar-refractivity contribution in [1.82, 2.24) is 9.80 Å². The molecule has 4 heteroatoms. The zero-order valence-corrected chi connectivity index (χ0v) is 12.2. The zero-order chi connectivity index (χ0) is 9.42. The summed E-state index contributed by atoms with van der Waals surface area (Å²) in [6.07, 6.45) is 2.80. The lowest BCUT2D eigenvalue weighted by molar-refractivity contribution is 0.0851. The van der Waals surface area contributed by atoms with E-state index in [9.17, 15) is 0 Å². The summed E-state index contributed by atoms with van der Waals surface area (Å²) >= 11 is 5.16. The van der Waals surface area contributed by atoms with Gasteiger partial charge in [0.1, 0.15) is 0 Å². The molecule has 2 aliphatic heterocycles. The van der Waals surface area contributed by atoms with Gasteiger partial charge in [-0.1, -0.05) is 45.2 Å². The SMILES string of the molecule is CN1CC(CN2CCCC2I)C1I. The van der Waals surface area contributed by atoms with Gasteiger partial charge < -0.3 is 0 Å². The lowest BCUT2D eigenvalue weighted by Crippen LogP contribution is -2.54. The predicted molar refractivity (Wildman–Crippen MR) is 72.5 cm³/mol. The van der Waals surface area contributed by atoms with E-state index in [0.29, 0.717) is 0 Å². The maximum atomic E-state index is 2.66. The molecule has 13 heavy (non-hydrogen) atoms. The molecular weight excluding hydrogens is 390 g/mol. The monoisotopic (exact) mass is 406 g/mol. The van der Waals surface area contributed by atoms with E-state index in [1.165, 1.54) is 32.5 Å². The third-order valence-electron chi connectivity index (χ3n) is 3.09. The lowest BCUT2D eigenvalue weighted by atomic mass is 10.0. The van der Waals surface area contributed by atoms with E-state index in [0.717, 1.165) is 14.0 Å². The van der Waals surface area contributed by atoms with Gasteiger partial charge in [0, 0.05) is 19.0 Å². The average molecular weight is 406 g/mol. The Morgan fingerprint density at radius 2 is 2.15 bits per heavy atom. The Bertz CT molecular complexity index is 188. The number of alkyl halides is 2. The van der Waals surface area contributed by atoms with Crippen LogP contribution in [0.15, 0.2) is 0 Å². The van der Waals surface area contributed by atoms with Gasteiger partial charge in [-0.3, -0.25) is 9.80 Å². The molecule has 0 aromatic heterocycles. The van der Waals surface area contributed by atoms with Crippen LogP contribution in [-0.2, 0) is 0 Å². The van der Waals surface area contributed by atoms with Crippen LogP contribution in [0.25, 0.3) is 0 Å². The predicted octanol–water partition coefficient (Wildman–Crippen LogP) is 2.17.